The molecule has 2 N–H and O–H groups in total. The second-order valence-electron chi connectivity index (χ2n) is 4.57. The van der Waals surface area contributed by atoms with Crippen LogP contribution in [0.2, 0.25) is 0 Å². The summed E-state index contributed by atoms with van der Waals surface area (Å²) in [6.45, 7) is 3.98. The summed E-state index contributed by atoms with van der Waals surface area (Å²) in [4.78, 5) is 8.93. The molecule has 1 aromatic heterocycles. The maximum atomic E-state index is 13.7. The Labute approximate surface area is 118 Å². The van der Waals surface area contributed by atoms with Gasteiger partial charge in [0.25, 0.3) is 0 Å². The Bertz CT molecular complexity index is 598. The number of halogens is 1. The van der Waals surface area contributed by atoms with Gasteiger partial charge in [0.1, 0.15) is 23.3 Å². The molecule has 0 atom stereocenters. The van der Waals surface area contributed by atoms with Crippen molar-refractivity contribution >= 4 is 17.3 Å². The minimum atomic E-state index is -0.298. The van der Waals surface area contributed by atoms with Crippen molar-refractivity contribution < 1.29 is 4.39 Å². The summed E-state index contributed by atoms with van der Waals surface area (Å²) in [6.07, 6.45) is 1.76. The molecule has 4 nitrogen and oxygen atoms in total. The number of aromatic nitrogens is 2. The molecule has 0 spiro atoms. The van der Waals surface area contributed by atoms with Crippen LogP contribution in [0.25, 0.3) is 0 Å². The number of aryl methyl sites for hydroxylation is 1. The highest BCUT2D eigenvalue weighted by molar-refractivity contribution is 5.64. The van der Waals surface area contributed by atoms with E-state index in [1.807, 2.05) is 14.0 Å². The molecule has 5 heteroatoms. The average molecular weight is 274 g/mol. The molecule has 0 aliphatic rings. The summed E-state index contributed by atoms with van der Waals surface area (Å²) in [6, 6.07) is 6.56. The van der Waals surface area contributed by atoms with Crippen LogP contribution < -0.4 is 10.6 Å². The van der Waals surface area contributed by atoms with Gasteiger partial charge in [0, 0.05) is 19.0 Å². The van der Waals surface area contributed by atoms with Crippen LogP contribution in [-0.2, 0) is 6.42 Å². The molecule has 0 saturated heterocycles. The average Bonchev–Trinajstić information content (AvgIpc) is 2.45. The first-order chi connectivity index (χ1) is 9.65. The highest BCUT2D eigenvalue weighted by Crippen LogP contribution is 2.25. The van der Waals surface area contributed by atoms with Gasteiger partial charge in [-0.2, -0.15) is 0 Å². The van der Waals surface area contributed by atoms with Gasteiger partial charge in [-0.3, -0.25) is 0 Å². The summed E-state index contributed by atoms with van der Waals surface area (Å²) in [5.74, 6) is 1.86. The van der Waals surface area contributed by atoms with Crippen molar-refractivity contribution in [3.8, 4) is 0 Å². The Hall–Kier alpha value is -2.17. The standard InChI is InChI=1S/C15H19FN4/c1-4-7-13-19-14(17-3)10(2)15(20-13)18-12-9-6-5-8-11(12)16/h5-6,8-9H,4,7H2,1-3H3,(H2,17,18,19,20). The second-order valence-corrected chi connectivity index (χ2v) is 4.57. The van der Waals surface area contributed by atoms with Crippen LogP contribution in [0, 0.1) is 12.7 Å². The molecule has 1 heterocycles. The van der Waals surface area contributed by atoms with E-state index in [1.54, 1.807) is 18.2 Å². The van der Waals surface area contributed by atoms with E-state index in [9.17, 15) is 4.39 Å². The van der Waals surface area contributed by atoms with Crippen molar-refractivity contribution in [2.75, 3.05) is 17.7 Å². The Balaban J connectivity index is 2.39. The normalized spacial score (nSPS) is 10.4. The number of hydrogen-bond donors (Lipinski definition) is 2. The SMILES string of the molecule is CCCc1nc(NC)c(C)c(Nc2ccccc2F)n1. The van der Waals surface area contributed by atoms with Crippen LogP contribution in [0.1, 0.15) is 24.7 Å². The Morgan fingerprint density at radius 1 is 1.15 bits per heavy atom. The first kappa shape index (κ1) is 14.2. The van der Waals surface area contributed by atoms with Gasteiger partial charge >= 0.3 is 0 Å². The third-order valence-corrected chi connectivity index (χ3v) is 3.03. The third kappa shape index (κ3) is 3.04. The maximum Gasteiger partial charge on any atom is 0.146 e. The molecule has 0 amide bonds. The maximum absolute atomic E-state index is 13.7. The smallest absolute Gasteiger partial charge is 0.146 e. The number of nitrogens with one attached hydrogen (secondary N) is 2. The highest BCUT2D eigenvalue weighted by Gasteiger charge is 2.11. The molecule has 0 aliphatic heterocycles. The molecule has 1 aromatic carbocycles. The zero-order valence-corrected chi connectivity index (χ0v) is 12.0. The van der Waals surface area contributed by atoms with E-state index in [2.05, 4.69) is 27.5 Å². The lowest BCUT2D eigenvalue weighted by Crippen LogP contribution is -2.07. The fourth-order valence-electron chi connectivity index (χ4n) is 1.95. The zero-order chi connectivity index (χ0) is 14.5. The number of anilines is 3. The molecule has 0 bridgehead atoms. The minimum absolute atomic E-state index is 0.298. The van der Waals surface area contributed by atoms with E-state index in [-0.39, 0.29) is 5.82 Å². The fraction of sp³-hybridized carbons (Fsp3) is 0.333. The molecular formula is C15H19FN4. The van der Waals surface area contributed by atoms with Crippen molar-refractivity contribution in [1.82, 2.24) is 9.97 Å². The summed E-state index contributed by atoms with van der Waals surface area (Å²) in [5, 5.41) is 6.10. The van der Waals surface area contributed by atoms with Gasteiger partial charge in [-0.1, -0.05) is 19.1 Å². The van der Waals surface area contributed by atoms with Crippen LogP contribution in [0.5, 0.6) is 0 Å². The van der Waals surface area contributed by atoms with Crippen LogP contribution in [0.4, 0.5) is 21.7 Å². The third-order valence-electron chi connectivity index (χ3n) is 3.03. The molecule has 0 aliphatic carbocycles. The molecule has 0 fully saturated rings. The van der Waals surface area contributed by atoms with Crippen LogP contribution in [0.15, 0.2) is 24.3 Å². The van der Waals surface area contributed by atoms with Gasteiger partial charge in [-0.05, 0) is 25.5 Å². The largest absolute Gasteiger partial charge is 0.373 e. The molecule has 0 unspecified atom stereocenters. The van der Waals surface area contributed by atoms with Gasteiger partial charge in [-0.15, -0.1) is 0 Å². The lowest BCUT2D eigenvalue weighted by atomic mass is 10.2. The first-order valence-electron chi connectivity index (χ1n) is 6.72. The summed E-state index contributed by atoms with van der Waals surface area (Å²) in [7, 11) is 1.82. The van der Waals surface area contributed by atoms with Gasteiger partial charge in [0.2, 0.25) is 0 Å². The summed E-state index contributed by atoms with van der Waals surface area (Å²) < 4.78 is 13.7. The Kier molecular flexibility index (Phi) is 4.50. The van der Waals surface area contributed by atoms with Crippen LogP contribution >= 0.6 is 0 Å². The first-order valence-corrected chi connectivity index (χ1v) is 6.72. The van der Waals surface area contributed by atoms with Gasteiger partial charge < -0.3 is 10.6 Å². The van der Waals surface area contributed by atoms with Crippen molar-refractivity contribution in [2.45, 2.75) is 26.7 Å². The molecule has 20 heavy (non-hydrogen) atoms. The van der Waals surface area contributed by atoms with E-state index >= 15 is 0 Å². The summed E-state index contributed by atoms with van der Waals surface area (Å²) >= 11 is 0. The van der Waals surface area contributed by atoms with Crippen LogP contribution in [0.3, 0.4) is 0 Å². The molecule has 106 valence electrons. The number of rotatable bonds is 5. The van der Waals surface area contributed by atoms with E-state index in [0.29, 0.717) is 11.5 Å². The van der Waals surface area contributed by atoms with E-state index < -0.39 is 0 Å². The zero-order valence-electron chi connectivity index (χ0n) is 12.0. The topological polar surface area (TPSA) is 49.8 Å². The molecule has 2 aromatic rings. The molecule has 0 radical (unpaired) electrons. The summed E-state index contributed by atoms with van der Waals surface area (Å²) in [5.41, 5.74) is 1.29. The van der Waals surface area contributed by atoms with E-state index in [0.717, 1.165) is 30.0 Å². The lowest BCUT2D eigenvalue weighted by molar-refractivity contribution is 0.631. The highest BCUT2D eigenvalue weighted by atomic mass is 19.1. The molecular weight excluding hydrogens is 255 g/mol. The minimum Gasteiger partial charge on any atom is -0.373 e. The second kappa shape index (κ2) is 6.32. The van der Waals surface area contributed by atoms with E-state index in [1.165, 1.54) is 6.07 Å². The van der Waals surface area contributed by atoms with Crippen LogP contribution in [-0.4, -0.2) is 17.0 Å². The Morgan fingerprint density at radius 2 is 1.85 bits per heavy atom. The van der Waals surface area contributed by atoms with Crippen molar-refractivity contribution in [3.63, 3.8) is 0 Å². The van der Waals surface area contributed by atoms with E-state index in [4.69, 9.17) is 0 Å². The van der Waals surface area contributed by atoms with Crippen molar-refractivity contribution in [3.05, 3.63) is 41.5 Å². The monoisotopic (exact) mass is 274 g/mol. The Morgan fingerprint density at radius 3 is 2.50 bits per heavy atom. The number of benzene rings is 1. The molecule has 2 rings (SSSR count). The van der Waals surface area contributed by atoms with Gasteiger partial charge in [0.15, 0.2) is 0 Å². The number of hydrogen-bond acceptors (Lipinski definition) is 4. The quantitative estimate of drug-likeness (QED) is 0.873. The predicted molar refractivity (Wildman–Crippen MR) is 80.0 cm³/mol. The lowest BCUT2D eigenvalue weighted by Gasteiger charge is -2.14. The van der Waals surface area contributed by atoms with Gasteiger partial charge in [-0.25, -0.2) is 14.4 Å². The molecule has 0 saturated carbocycles. The van der Waals surface area contributed by atoms with Gasteiger partial charge in [0.05, 0.1) is 5.69 Å². The van der Waals surface area contributed by atoms with Crippen molar-refractivity contribution in [1.29, 1.82) is 0 Å². The predicted octanol–water partition coefficient (Wildman–Crippen LogP) is 3.66. The fourth-order valence-corrected chi connectivity index (χ4v) is 1.95. The van der Waals surface area contributed by atoms with Crippen molar-refractivity contribution in [2.24, 2.45) is 0 Å². The number of para-hydroxylation sites is 1. The number of nitrogens with zero attached hydrogens (tertiary/aromatic N) is 2.